The summed E-state index contributed by atoms with van der Waals surface area (Å²) < 4.78 is 11.1. The molecule has 0 saturated carbocycles. The highest BCUT2D eigenvalue weighted by atomic mass is 35.5. The molecule has 0 saturated heterocycles. The minimum atomic E-state index is -1.42. The molecule has 3 aromatic rings. The Morgan fingerprint density at radius 3 is 2.15 bits per heavy atom. The molecule has 206 valence electrons. The Balaban J connectivity index is 1.63. The molecule has 0 aromatic heterocycles. The quantitative estimate of drug-likeness (QED) is 0.277. The number of rotatable bonds is 13. The van der Waals surface area contributed by atoms with Crippen molar-refractivity contribution in [2.75, 3.05) is 13.2 Å². The molecule has 2 atom stereocenters. The number of carboxylic acid groups (broad SMARTS) is 1. The summed E-state index contributed by atoms with van der Waals surface area (Å²) in [4.78, 5) is 49.9. The molecule has 9 nitrogen and oxygen atoms in total. The predicted molar refractivity (Wildman–Crippen MR) is 147 cm³/mol. The molecule has 11 heteroatoms. The van der Waals surface area contributed by atoms with Gasteiger partial charge in [0.05, 0.1) is 16.5 Å². The van der Waals surface area contributed by atoms with Crippen LogP contribution in [0.3, 0.4) is 0 Å². The highest BCUT2D eigenvalue weighted by molar-refractivity contribution is 6.37. The van der Waals surface area contributed by atoms with Crippen LogP contribution in [0.25, 0.3) is 10.8 Å². The summed E-state index contributed by atoms with van der Waals surface area (Å²) in [5, 5.41) is 16.4. The third-order valence-corrected chi connectivity index (χ3v) is 6.33. The predicted octanol–water partition coefficient (Wildman–Crippen LogP) is 4.27. The molecular weight excluding hydrogens is 547 g/mol. The number of para-hydroxylation sites is 1. The fourth-order valence-electron chi connectivity index (χ4n) is 3.76. The number of aliphatic carboxylic acids is 1. The van der Waals surface area contributed by atoms with Gasteiger partial charge in [0.15, 0.2) is 18.1 Å². The van der Waals surface area contributed by atoms with Crippen molar-refractivity contribution in [3.05, 3.63) is 70.7 Å². The van der Waals surface area contributed by atoms with E-state index >= 15 is 0 Å². The Kier molecular flexibility index (Phi) is 10.5. The summed E-state index contributed by atoms with van der Waals surface area (Å²) in [6.45, 7) is 2.47. The standard InChI is InChI=1S/C28H28Cl2N2O7/c1-16(2)26(32-24(34)15-38-23-12-5-8-17-7-3-4-9-18(17)23)28(37)31-21(13-25(35)36)22(33)14-39-27-19(29)10-6-11-20(27)30/h3-12,16,21,26H,13-15H2,1-2H3,(H,31,37)(H,32,34)(H,35,36)/t21-,26-/m0/s1. The van der Waals surface area contributed by atoms with Gasteiger partial charge in [-0.1, -0.05) is 79.5 Å². The van der Waals surface area contributed by atoms with Gasteiger partial charge in [-0.25, -0.2) is 0 Å². The molecule has 0 bridgehead atoms. The molecule has 3 aromatic carbocycles. The maximum absolute atomic E-state index is 13.1. The number of nitrogens with one attached hydrogen (secondary N) is 2. The first-order valence-corrected chi connectivity index (χ1v) is 12.8. The summed E-state index contributed by atoms with van der Waals surface area (Å²) in [6.07, 6.45) is -0.687. The second-order valence-corrected chi connectivity index (χ2v) is 9.83. The van der Waals surface area contributed by atoms with E-state index < -0.39 is 48.7 Å². The van der Waals surface area contributed by atoms with E-state index in [1.807, 2.05) is 36.4 Å². The van der Waals surface area contributed by atoms with E-state index in [4.69, 9.17) is 32.7 Å². The van der Waals surface area contributed by atoms with Crippen LogP contribution >= 0.6 is 23.2 Å². The second kappa shape index (κ2) is 13.8. The van der Waals surface area contributed by atoms with E-state index in [9.17, 15) is 24.3 Å². The van der Waals surface area contributed by atoms with E-state index in [-0.39, 0.29) is 28.3 Å². The summed E-state index contributed by atoms with van der Waals surface area (Å²) in [5.41, 5.74) is 0. The number of Topliss-reactive ketones (excluding diaryl/α,β-unsaturated/α-hetero) is 1. The van der Waals surface area contributed by atoms with Gasteiger partial charge < -0.3 is 25.2 Å². The number of carbonyl (C=O) groups is 4. The van der Waals surface area contributed by atoms with Gasteiger partial charge in [-0.3, -0.25) is 19.2 Å². The average molecular weight is 575 g/mol. The first kappa shape index (κ1) is 29.7. The molecule has 39 heavy (non-hydrogen) atoms. The minimum absolute atomic E-state index is 0.0631. The Morgan fingerprint density at radius 2 is 1.49 bits per heavy atom. The number of ether oxygens (including phenoxy) is 2. The lowest BCUT2D eigenvalue weighted by molar-refractivity contribution is -0.141. The molecule has 2 amide bonds. The van der Waals surface area contributed by atoms with Gasteiger partial charge in [-0.05, 0) is 29.5 Å². The highest BCUT2D eigenvalue weighted by Crippen LogP contribution is 2.32. The highest BCUT2D eigenvalue weighted by Gasteiger charge is 2.30. The minimum Gasteiger partial charge on any atom is -0.483 e. The molecule has 3 N–H and O–H groups in total. The molecule has 0 aliphatic rings. The normalized spacial score (nSPS) is 12.4. The van der Waals surface area contributed by atoms with Crippen molar-refractivity contribution in [1.82, 2.24) is 10.6 Å². The van der Waals surface area contributed by atoms with E-state index in [1.165, 1.54) is 12.1 Å². The lowest BCUT2D eigenvalue weighted by Gasteiger charge is -2.24. The number of ketones is 1. The van der Waals surface area contributed by atoms with Crippen molar-refractivity contribution in [1.29, 1.82) is 0 Å². The molecular formula is C28H28Cl2N2O7. The molecule has 3 rings (SSSR count). The topological polar surface area (TPSA) is 131 Å². The van der Waals surface area contributed by atoms with Crippen molar-refractivity contribution >= 4 is 57.5 Å². The van der Waals surface area contributed by atoms with Crippen molar-refractivity contribution in [2.45, 2.75) is 32.4 Å². The van der Waals surface area contributed by atoms with E-state index in [1.54, 1.807) is 26.0 Å². The Hall–Kier alpha value is -3.82. The zero-order valence-corrected chi connectivity index (χ0v) is 22.8. The van der Waals surface area contributed by atoms with Crippen molar-refractivity contribution in [3.8, 4) is 11.5 Å². The van der Waals surface area contributed by atoms with E-state index in [0.717, 1.165) is 10.8 Å². The molecule has 0 unspecified atom stereocenters. The average Bonchev–Trinajstić information content (AvgIpc) is 2.89. The summed E-state index contributed by atoms with van der Waals surface area (Å²) in [6, 6.07) is 15.2. The largest absolute Gasteiger partial charge is 0.483 e. The number of amides is 2. The molecule has 0 aliphatic carbocycles. The van der Waals surface area contributed by atoms with Crippen LogP contribution in [0.1, 0.15) is 20.3 Å². The van der Waals surface area contributed by atoms with Gasteiger partial charge in [0.25, 0.3) is 5.91 Å². The van der Waals surface area contributed by atoms with Gasteiger partial charge in [-0.15, -0.1) is 0 Å². The van der Waals surface area contributed by atoms with Gasteiger partial charge in [0.1, 0.15) is 24.4 Å². The second-order valence-electron chi connectivity index (χ2n) is 9.02. The molecule has 0 spiro atoms. The lowest BCUT2D eigenvalue weighted by Crippen LogP contribution is -2.55. The summed E-state index contributed by atoms with van der Waals surface area (Å²) in [7, 11) is 0. The zero-order valence-electron chi connectivity index (χ0n) is 21.3. The summed E-state index contributed by atoms with van der Waals surface area (Å²) in [5.74, 6) is -3.11. The first-order valence-electron chi connectivity index (χ1n) is 12.1. The number of fused-ring (bicyclic) bond motifs is 1. The maximum atomic E-state index is 13.1. The van der Waals surface area contributed by atoms with E-state index in [2.05, 4.69) is 10.6 Å². The van der Waals surface area contributed by atoms with Gasteiger partial charge in [-0.2, -0.15) is 0 Å². The van der Waals surface area contributed by atoms with Crippen LogP contribution in [0.2, 0.25) is 10.0 Å². The van der Waals surface area contributed by atoms with Crippen molar-refractivity contribution in [2.24, 2.45) is 5.92 Å². The summed E-state index contributed by atoms with van der Waals surface area (Å²) >= 11 is 12.1. The SMILES string of the molecule is CC(C)[C@H](NC(=O)COc1cccc2ccccc12)C(=O)N[C@@H](CC(=O)O)C(=O)COc1c(Cl)cccc1Cl. The number of carboxylic acids is 1. The number of hydrogen-bond donors (Lipinski definition) is 3. The molecule has 0 aliphatic heterocycles. The zero-order chi connectivity index (χ0) is 28.5. The Labute approximate surface area is 235 Å². The first-order chi connectivity index (χ1) is 18.6. The molecule has 0 heterocycles. The van der Waals surface area contributed by atoms with Crippen LogP contribution in [0.15, 0.2) is 60.7 Å². The molecule has 0 radical (unpaired) electrons. The van der Waals surface area contributed by atoms with Crippen LogP contribution in [0.4, 0.5) is 0 Å². The van der Waals surface area contributed by atoms with Crippen LogP contribution in [0.5, 0.6) is 11.5 Å². The fourth-order valence-corrected chi connectivity index (χ4v) is 4.27. The lowest BCUT2D eigenvalue weighted by atomic mass is 10.0. The monoisotopic (exact) mass is 574 g/mol. The molecule has 0 fully saturated rings. The van der Waals surface area contributed by atoms with Crippen molar-refractivity contribution in [3.63, 3.8) is 0 Å². The third-order valence-electron chi connectivity index (χ3n) is 5.74. The smallest absolute Gasteiger partial charge is 0.305 e. The van der Waals surface area contributed by atoms with Crippen molar-refractivity contribution < 1.29 is 33.8 Å². The number of carbonyl (C=O) groups excluding carboxylic acids is 3. The Bertz CT molecular complexity index is 1340. The Morgan fingerprint density at radius 1 is 0.846 bits per heavy atom. The number of halogens is 2. The van der Waals surface area contributed by atoms with Crippen LogP contribution < -0.4 is 20.1 Å². The number of hydrogen-bond acceptors (Lipinski definition) is 6. The van der Waals surface area contributed by atoms with Gasteiger partial charge in [0, 0.05) is 5.39 Å². The van der Waals surface area contributed by atoms with Crippen LogP contribution in [0, 0.1) is 5.92 Å². The van der Waals surface area contributed by atoms with Gasteiger partial charge in [0.2, 0.25) is 5.91 Å². The van der Waals surface area contributed by atoms with Crippen LogP contribution in [-0.4, -0.2) is 54.0 Å². The van der Waals surface area contributed by atoms with Crippen LogP contribution in [-0.2, 0) is 19.2 Å². The number of benzene rings is 3. The third kappa shape index (κ3) is 8.33. The van der Waals surface area contributed by atoms with E-state index in [0.29, 0.717) is 5.75 Å². The maximum Gasteiger partial charge on any atom is 0.305 e. The fraction of sp³-hybridized carbons (Fsp3) is 0.286. The van der Waals surface area contributed by atoms with Gasteiger partial charge >= 0.3 is 5.97 Å².